The Hall–Kier alpha value is -1.60. The molecule has 0 bridgehead atoms. The lowest BCUT2D eigenvalue weighted by Crippen LogP contribution is -2.23. The lowest BCUT2D eigenvalue weighted by Gasteiger charge is -2.02. The van der Waals surface area contributed by atoms with Gasteiger partial charge in [-0.05, 0) is 17.7 Å². The van der Waals surface area contributed by atoms with Gasteiger partial charge >= 0.3 is 0 Å². The Morgan fingerprint density at radius 1 is 1.40 bits per heavy atom. The van der Waals surface area contributed by atoms with Gasteiger partial charge in [-0.25, -0.2) is 13.1 Å². The van der Waals surface area contributed by atoms with Gasteiger partial charge in [-0.1, -0.05) is 0 Å². The maximum atomic E-state index is 11.6. The van der Waals surface area contributed by atoms with Gasteiger partial charge in [-0.3, -0.25) is 5.10 Å². The molecule has 0 aliphatic rings. The third kappa shape index (κ3) is 2.25. The summed E-state index contributed by atoms with van der Waals surface area (Å²) in [5.74, 6) is 0. The van der Waals surface area contributed by atoms with Crippen molar-refractivity contribution < 1.29 is 8.42 Å². The summed E-state index contributed by atoms with van der Waals surface area (Å²) >= 11 is 0. The molecule has 0 aliphatic heterocycles. The first kappa shape index (κ1) is 9.94. The molecule has 0 aliphatic carbocycles. The molecule has 2 heterocycles. The van der Waals surface area contributed by atoms with Crippen LogP contribution in [0.15, 0.2) is 35.7 Å². The molecule has 0 spiro atoms. The number of hydrogen-bond acceptors (Lipinski definition) is 3. The number of nitrogens with one attached hydrogen (secondary N) is 3. The van der Waals surface area contributed by atoms with Crippen molar-refractivity contribution in [3.63, 3.8) is 0 Å². The number of rotatable bonds is 4. The van der Waals surface area contributed by atoms with Gasteiger partial charge in [0.1, 0.15) is 0 Å². The summed E-state index contributed by atoms with van der Waals surface area (Å²) in [5, 5.41) is 6.05. The minimum atomic E-state index is -3.47. The first-order valence-electron chi connectivity index (χ1n) is 4.29. The van der Waals surface area contributed by atoms with E-state index < -0.39 is 10.0 Å². The van der Waals surface area contributed by atoms with Crippen LogP contribution < -0.4 is 4.72 Å². The SMILES string of the molecule is O=S(=O)(NCc1cc[nH]c1)c1ccn[nH]1. The van der Waals surface area contributed by atoms with Crippen molar-refractivity contribution in [1.82, 2.24) is 19.9 Å². The summed E-state index contributed by atoms with van der Waals surface area (Å²) in [6.07, 6.45) is 4.86. The van der Waals surface area contributed by atoms with Crippen molar-refractivity contribution in [1.29, 1.82) is 0 Å². The highest BCUT2D eigenvalue weighted by Crippen LogP contribution is 2.04. The summed E-state index contributed by atoms with van der Waals surface area (Å²) < 4.78 is 25.6. The van der Waals surface area contributed by atoms with E-state index in [0.29, 0.717) is 0 Å². The molecule has 2 aromatic rings. The topological polar surface area (TPSA) is 90.6 Å². The average Bonchev–Trinajstić information content (AvgIpc) is 2.88. The smallest absolute Gasteiger partial charge is 0.257 e. The predicted octanol–water partition coefficient (Wildman–Crippen LogP) is 0.216. The lowest BCUT2D eigenvalue weighted by atomic mass is 10.4. The van der Waals surface area contributed by atoms with Crippen LogP contribution in [0.2, 0.25) is 0 Å². The normalized spacial score (nSPS) is 11.7. The Balaban J connectivity index is 2.06. The van der Waals surface area contributed by atoms with Gasteiger partial charge < -0.3 is 4.98 Å². The van der Waals surface area contributed by atoms with E-state index in [-0.39, 0.29) is 11.6 Å². The number of nitrogens with zero attached hydrogens (tertiary/aromatic N) is 1. The van der Waals surface area contributed by atoms with Crippen molar-refractivity contribution in [3.05, 3.63) is 36.3 Å². The summed E-state index contributed by atoms with van der Waals surface area (Å²) in [6, 6.07) is 3.20. The highest BCUT2D eigenvalue weighted by Gasteiger charge is 2.14. The zero-order chi connectivity index (χ0) is 10.7. The van der Waals surface area contributed by atoms with Gasteiger partial charge in [0.2, 0.25) is 0 Å². The molecule has 2 aromatic heterocycles. The highest BCUT2D eigenvalue weighted by molar-refractivity contribution is 7.89. The second kappa shape index (κ2) is 3.87. The molecule has 0 fully saturated rings. The van der Waals surface area contributed by atoms with Crippen LogP contribution in [0.5, 0.6) is 0 Å². The zero-order valence-corrected chi connectivity index (χ0v) is 8.58. The lowest BCUT2D eigenvalue weighted by molar-refractivity contribution is 0.577. The minimum absolute atomic E-state index is 0.0676. The van der Waals surface area contributed by atoms with E-state index in [1.165, 1.54) is 12.3 Å². The van der Waals surface area contributed by atoms with E-state index in [9.17, 15) is 8.42 Å². The van der Waals surface area contributed by atoms with E-state index in [1.54, 1.807) is 18.5 Å². The average molecular weight is 226 g/mol. The monoisotopic (exact) mass is 226 g/mol. The fourth-order valence-corrected chi connectivity index (χ4v) is 2.04. The first-order chi connectivity index (χ1) is 7.18. The van der Waals surface area contributed by atoms with E-state index in [1.807, 2.05) is 0 Å². The molecule has 0 radical (unpaired) electrons. The van der Waals surface area contributed by atoms with Crippen LogP contribution >= 0.6 is 0 Å². The van der Waals surface area contributed by atoms with E-state index in [0.717, 1.165) is 5.56 Å². The fourth-order valence-electron chi connectivity index (χ4n) is 1.12. The van der Waals surface area contributed by atoms with Gasteiger partial charge in [-0.2, -0.15) is 5.10 Å². The van der Waals surface area contributed by atoms with Gasteiger partial charge in [0.25, 0.3) is 10.0 Å². The van der Waals surface area contributed by atoms with Crippen LogP contribution in [-0.4, -0.2) is 23.6 Å². The number of sulfonamides is 1. The summed E-state index contributed by atoms with van der Waals surface area (Å²) in [5.41, 5.74) is 0.873. The molecule has 80 valence electrons. The van der Waals surface area contributed by atoms with Crippen LogP contribution in [0, 0.1) is 0 Å². The molecule has 0 saturated heterocycles. The van der Waals surface area contributed by atoms with Crippen LogP contribution in [-0.2, 0) is 16.6 Å². The second-order valence-electron chi connectivity index (χ2n) is 2.96. The van der Waals surface area contributed by atoms with Crippen LogP contribution in [0.4, 0.5) is 0 Å². The molecule has 7 heteroatoms. The van der Waals surface area contributed by atoms with E-state index >= 15 is 0 Å². The Kier molecular flexibility index (Phi) is 2.57. The zero-order valence-electron chi connectivity index (χ0n) is 7.77. The van der Waals surface area contributed by atoms with Crippen molar-refractivity contribution in [2.24, 2.45) is 0 Å². The first-order valence-corrected chi connectivity index (χ1v) is 5.77. The Bertz CT molecular complexity index is 501. The molecule has 0 unspecified atom stereocenters. The van der Waals surface area contributed by atoms with Gasteiger partial charge in [0, 0.05) is 18.9 Å². The molecule has 0 amide bonds. The van der Waals surface area contributed by atoms with Crippen molar-refractivity contribution in [2.45, 2.75) is 11.6 Å². The molecule has 0 saturated carbocycles. The molecular formula is C8H10N4O2S. The van der Waals surface area contributed by atoms with Crippen LogP contribution in [0.25, 0.3) is 0 Å². The number of H-pyrrole nitrogens is 2. The molecule has 2 rings (SSSR count). The second-order valence-corrected chi connectivity index (χ2v) is 4.70. The largest absolute Gasteiger partial charge is 0.367 e. The standard InChI is InChI=1S/C8H10N4O2S/c13-15(14,8-2-4-10-12-8)11-6-7-1-3-9-5-7/h1-5,9,11H,6H2,(H,10,12). The maximum absolute atomic E-state index is 11.6. The highest BCUT2D eigenvalue weighted by atomic mass is 32.2. The predicted molar refractivity (Wildman–Crippen MR) is 53.4 cm³/mol. The van der Waals surface area contributed by atoms with Crippen molar-refractivity contribution in [2.75, 3.05) is 0 Å². The molecule has 15 heavy (non-hydrogen) atoms. The molecular weight excluding hydrogens is 216 g/mol. The summed E-state index contributed by atoms with van der Waals surface area (Å²) in [7, 11) is -3.47. The van der Waals surface area contributed by atoms with E-state index in [2.05, 4.69) is 19.9 Å². The van der Waals surface area contributed by atoms with Gasteiger partial charge in [0.15, 0.2) is 5.03 Å². The van der Waals surface area contributed by atoms with E-state index in [4.69, 9.17) is 0 Å². The van der Waals surface area contributed by atoms with Gasteiger partial charge in [-0.15, -0.1) is 0 Å². The summed E-state index contributed by atoms with van der Waals surface area (Å²) in [6.45, 7) is 0.255. The number of hydrogen-bond donors (Lipinski definition) is 3. The Morgan fingerprint density at radius 3 is 2.87 bits per heavy atom. The molecule has 6 nitrogen and oxygen atoms in total. The third-order valence-corrected chi connectivity index (χ3v) is 3.22. The molecule has 0 atom stereocenters. The van der Waals surface area contributed by atoms with Crippen LogP contribution in [0.3, 0.4) is 0 Å². The fraction of sp³-hybridized carbons (Fsp3) is 0.125. The Morgan fingerprint density at radius 2 is 2.27 bits per heavy atom. The Labute approximate surface area is 86.8 Å². The molecule has 0 aromatic carbocycles. The molecule has 3 N–H and O–H groups in total. The number of aromatic nitrogens is 3. The minimum Gasteiger partial charge on any atom is -0.367 e. The van der Waals surface area contributed by atoms with Crippen molar-refractivity contribution in [3.8, 4) is 0 Å². The third-order valence-electron chi connectivity index (χ3n) is 1.89. The van der Waals surface area contributed by atoms with Crippen LogP contribution in [0.1, 0.15) is 5.56 Å². The van der Waals surface area contributed by atoms with Crippen molar-refractivity contribution >= 4 is 10.0 Å². The number of aromatic amines is 2. The maximum Gasteiger partial charge on any atom is 0.257 e. The summed E-state index contributed by atoms with van der Waals surface area (Å²) in [4.78, 5) is 2.85. The quantitative estimate of drug-likeness (QED) is 0.696. The van der Waals surface area contributed by atoms with Gasteiger partial charge in [0.05, 0.1) is 6.20 Å².